The minimum absolute atomic E-state index is 0.114. The van der Waals surface area contributed by atoms with Crippen molar-refractivity contribution in [3.63, 3.8) is 0 Å². The Hall–Kier alpha value is -0.810. The number of nitrogens with two attached hydrogens (primary N) is 1. The van der Waals surface area contributed by atoms with E-state index in [2.05, 4.69) is 18.7 Å². The third-order valence-electron chi connectivity index (χ3n) is 3.76. The molecule has 2 rings (SSSR count). The molecule has 2 atom stereocenters. The zero-order valence-electron chi connectivity index (χ0n) is 10.8. The second kappa shape index (κ2) is 5.23. The van der Waals surface area contributed by atoms with Crippen molar-refractivity contribution in [1.82, 2.24) is 9.80 Å². The van der Waals surface area contributed by atoms with Crippen molar-refractivity contribution in [3.8, 4) is 0 Å². The lowest BCUT2D eigenvalue weighted by molar-refractivity contribution is 0.0942. The molecule has 17 heavy (non-hydrogen) atoms. The standard InChI is InChI=1S/C12H23N3O2/c1-9(2)14-5-3-4-10(7-14)15-8-11(6-13)17-12(15)16/h9-11H,3-8,13H2,1-2H3/t10?,11-/m0/s1. The fourth-order valence-corrected chi connectivity index (χ4v) is 2.67. The summed E-state index contributed by atoms with van der Waals surface area (Å²) < 4.78 is 5.22. The summed E-state index contributed by atoms with van der Waals surface area (Å²) in [6.45, 7) is 7.58. The molecule has 0 aliphatic carbocycles. The highest BCUT2D eigenvalue weighted by molar-refractivity contribution is 5.70. The first-order valence-corrected chi connectivity index (χ1v) is 6.53. The van der Waals surface area contributed by atoms with Gasteiger partial charge < -0.3 is 15.4 Å². The molecule has 2 N–H and O–H groups in total. The molecule has 1 unspecified atom stereocenters. The molecule has 0 aromatic carbocycles. The highest BCUT2D eigenvalue weighted by atomic mass is 16.6. The average Bonchev–Trinajstić information content (AvgIpc) is 2.71. The lowest BCUT2D eigenvalue weighted by Gasteiger charge is -2.38. The van der Waals surface area contributed by atoms with Gasteiger partial charge in [-0.1, -0.05) is 0 Å². The summed E-state index contributed by atoms with van der Waals surface area (Å²) in [6.07, 6.45) is 1.93. The van der Waals surface area contributed by atoms with Crippen LogP contribution in [0.25, 0.3) is 0 Å². The summed E-state index contributed by atoms with van der Waals surface area (Å²) >= 11 is 0. The predicted molar refractivity (Wildman–Crippen MR) is 65.8 cm³/mol. The van der Waals surface area contributed by atoms with E-state index >= 15 is 0 Å². The maximum absolute atomic E-state index is 11.7. The molecule has 2 saturated heterocycles. The maximum atomic E-state index is 11.7. The third kappa shape index (κ3) is 2.72. The Labute approximate surface area is 103 Å². The van der Waals surface area contributed by atoms with Crippen LogP contribution in [0.2, 0.25) is 0 Å². The zero-order chi connectivity index (χ0) is 12.4. The summed E-state index contributed by atoms with van der Waals surface area (Å²) in [5.41, 5.74) is 5.55. The van der Waals surface area contributed by atoms with E-state index in [1.807, 2.05) is 4.90 Å². The van der Waals surface area contributed by atoms with E-state index in [1.54, 1.807) is 0 Å². The van der Waals surface area contributed by atoms with Crippen molar-refractivity contribution in [2.45, 2.75) is 44.9 Å². The summed E-state index contributed by atoms with van der Waals surface area (Å²) in [7, 11) is 0. The molecule has 1 amide bonds. The monoisotopic (exact) mass is 241 g/mol. The van der Waals surface area contributed by atoms with Crippen LogP contribution in [0.3, 0.4) is 0 Å². The Kier molecular flexibility index (Phi) is 3.89. The molecular formula is C12H23N3O2. The van der Waals surface area contributed by atoms with Crippen LogP contribution >= 0.6 is 0 Å². The van der Waals surface area contributed by atoms with Crippen molar-refractivity contribution in [2.75, 3.05) is 26.2 Å². The summed E-state index contributed by atoms with van der Waals surface area (Å²) in [6, 6.07) is 0.844. The van der Waals surface area contributed by atoms with Gasteiger partial charge in [0, 0.05) is 25.2 Å². The Balaban J connectivity index is 1.95. The molecule has 0 spiro atoms. The van der Waals surface area contributed by atoms with Crippen LogP contribution in [-0.2, 0) is 4.74 Å². The van der Waals surface area contributed by atoms with E-state index in [9.17, 15) is 4.79 Å². The van der Waals surface area contributed by atoms with Gasteiger partial charge in [-0.25, -0.2) is 4.79 Å². The number of likely N-dealkylation sites (tertiary alicyclic amines) is 1. The first-order valence-electron chi connectivity index (χ1n) is 6.53. The molecule has 0 bridgehead atoms. The lowest BCUT2D eigenvalue weighted by atomic mass is 10.0. The normalized spacial score (nSPS) is 31.1. The van der Waals surface area contributed by atoms with E-state index in [0.29, 0.717) is 25.2 Å². The van der Waals surface area contributed by atoms with Gasteiger partial charge in [0.2, 0.25) is 0 Å². The van der Waals surface area contributed by atoms with Crippen molar-refractivity contribution >= 4 is 6.09 Å². The van der Waals surface area contributed by atoms with Gasteiger partial charge in [0.05, 0.1) is 6.54 Å². The number of nitrogens with zero attached hydrogens (tertiary/aromatic N) is 2. The molecule has 5 nitrogen and oxygen atoms in total. The molecule has 5 heteroatoms. The second-order valence-corrected chi connectivity index (χ2v) is 5.28. The van der Waals surface area contributed by atoms with E-state index in [1.165, 1.54) is 0 Å². The van der Waals surface area contributed by atoms with E-state index in [4.69, 9.17) is 10.5 Å². The van der Waals surface area contributed by atoms with Crippen molar-refractivity contribution in [1.29, 1.82) is 0 Å². The SMILES string of the molecule is CC(C)N1CCCC(N2C[C@H](CN)OC2=O)C1. The third-order valence-corrected chi connectivity index (χ3v) is 3.76. The van der Waals surface area contributed by atoms with Gasteiger partial charge in [-0.15, -0.1) is 0 Å². The molecule has 2 fully saturated rings. The number of hydrogen-bond acceptors (Lipinski definition) is 4. The Morgan fingerprint density at radius 2 is 2.24 bits per heavy atom. The number of piperidine rings is 1. The number of amides is 1. The van der Waals surface area contributed by atoms with E-state index in [0.717, 1.165) is 25.9 Å². The van der Waals surface area contributed by atoms with Crippen LogP contribution in [0.5, 0.6) is 0 Å². The first kappa shape index (κ1) is 12.6. The molecular weight excluding hydrogens is 218 g/mol. The Bertz CT molecular complexity index is 283. The molecule has 2 heterocycles. The van der Waals surface area contributed by atoms with Crippen molar-refractivity contribution in [3.05, 3.63) is 0 Å². The number of hydrogen-bond donors (Lipinski definition) is 1. The van der Waals surface area contributed by atoms with Crippen molar-refractivity contribution < 1.29 is 9.53 Å². The second-order valence-electron chi connectivity index (χ2n) is 5.28. The van der Waals surface area contributed by atoms with Crippen LogP contribution in [0.4, 0.5) is 4.79 Å². The van der Waals surface area contributed by atoms with Gasteiger partial charge in [0.25, 0.3) is 0 Å². The van der Waals surface area contributed by atoms with Gasteiger partial charge in [-0.05, 0) is 33.2 Å². The highest BCUT2D eigenvalue weighted by Crippen LogP contribution is 2.22. The van der Waals surface area contributed by atoms with Crippen LogP contribution in [0.15, 0.2) is 0 Å². The van der Waals surface area contributed by atoms with Gasteiger partial charge in [0.1, 0.15) is 6.10 Å². The Morgan fingerprint density at radius 1 is 1.47 bits per heavy atom. The van der Waals surface area contributed by atoms with Gasteiger partial charge in [-0.3, -0.25) is 4.90 Å². The van der Waals surface area contributed by atoms with Gasteiger partial charge >= 0.3 is 6.09 Å². The molecule has 0 radical (unpaired) electrons. The summed E-state index contributed by atoms with van der Waals surface area (Å²) in [5, 5.41) is 0. The molecule has 98 valence electrons. The van der Waals surface area contributed by atoms with Crippen LogP contribution in [0, 0.1) is 0 Å². The topological polar surface area (TPSA) is 58.8 Å². The Morgan fingerprint density at radius 3 is 2.82 bits per heavy atom. The van der Waals surface area contributed by atoms with E-state index < -0.39 is 0 Å². The molecule has 0 saturated carbocycles. The van der Waals surface area contributed by atoms with E-state index in [-0.39, 0.29) is 12.2 Å². The van der Waals surface area contributed by atoms with Crippen LogP contribution in [0.1, 0.15) is 26.7 Å². The largest absolute Gasteiger partial charge is 0.443 e. The first-order chi connectivity index (χ1) is 8.11. The quantitative estimate of drug-likeness (QED) is 0.787. The summed E-state index contributed by atoms with van der Waals surface area (Å²) in [5.74, 6) is 0. The van der Waals surface area contributed by atoms with Crippen molar-refractivity contribution in [2.24, 2.45) is 5.73 Å². The summed E-state index contributed by atoms with van der Waals surface area (Å²) in [4.78, 5) is 16.0. The minimum atomic E-state index is -0.184. The minimum Gasteiger partial charge on any atom is -0.443 e. The molecule has 2 aliphatic heterocycles. The average molecular weight is 241 g/mol. The number of carbonyl (C=O) groups excluding carboxylic acids is 1. The fraction of sp³-hybridized carbons (Fsp3) is 0.917. The number of cyclic esters (lactones) is 1. The molecule has 2 aliphatic rings. The van der Waals surface area contributed by atoms with Crippen LogP contribution < -0.4 is 5.73 Å². The molecule has 0 aromatic heterocycles. The smallest absolute Gasteiger partial charge is 0.410 e. The van der Waals surface area contributed by atoms with Crippen LogP contribution in [-0.4, -0.2) is 60.3 Å². The van der Waals surface area contributed by atoms with Gasteiger partial charge in [-0.2, -0.15) is 0 Å². The fourth-order valence-electron chi connectivity index (χ4n) is 2.67. The maximum Gasteiger partial charge on any atom is 0.410 e. The molecule has 0 aromatic rings. The lowest BCUT2D eigenvalue weighted by Crippen LogP contribution is -2.50. The highest BCUT2D eigenvalue weighted by Gasteiger charge is 2.37. The number of carbonyl (C=O) groups is 1. The number of ether oxygens (including phenoxy) is 1. The predicted octanol–water partition coefficient (Wildman–Crippen LogP) is 0.639. The van der Waals surface area contributed by atoms with Gasteiger partial charge in [0.15, 0.2) is 0 Å². The zero-order valence-corrected chi connectivity index (χ0v) is 10.8. The number of rotatable bonds is 3.